The third-order valence-corrected chi connectivity index (χ3v) is 4.50. The number of benzene rings is 1. The van der Waals surface area contributed by atoms with Crippen LogP contribution in [0.5, 0.6) is 0 Å². The summed E-state index contributed by atoms with van der Waals surface area (Å²) in [4.78, 5) is 34.2. The Morgan fingerprint density at radius 1 is 1.00 bits per heavy atom. The third-order valence-electron chi connectivity index (χ3n) is 4.50. The minimum Gasteiger partial charge on any atom is -0.481 e. The van der Waals surface area contributed by atoms with Crippen molar-refractivity contribution in [2.24, 2.45) is 11.8 Å². The number of ether oxygens (including phenoxy) is 2. The standard InChI is InChI=1S/C19H25NO6/c21-17(22)15-9-7-14(8-10-15)13-20-19(24)26-12-4-11-25-18(23)16-5-2-1-3-6-16/h1-3,5-6,14-15H,4,7-13H2,(H,20,24)(H,21,22). The predicted octanol–water partition coefficient (Wildman–Crippen LogP) is 2.85. The zero-order valence-electron chi connectivity index (χ0n) is 14.7. The van der Waals surface area contributed by atoms with E-state index in [9.17, 15) is 14.4 Å². The van der Waals surface area contributed by atoms with Crippen molar-refractivity contribution < 1.29 is 29.0 Å². The van der Waals surface area contributed by atoms with Crippen molar-refractivity contribution in [3.05, 3.63) is 35.9 Å². The molecule has 2 rings (SSSR count). The Morgan fingerprint density at radius 3 is 2.31 bits per heavy atom. The van der Waals surface area contributed by atoms with E-state index in [1.807, 2.05) is 6.07 Å². The maximum Gasteiger partial charge on any atom is 0.407 e. The van der Waals surface area contributed by atoms with Crippen LogP contribution in [-0.2, 0) is 14.3 Å². The molecule has 0 aliphatic heterocycles. The minimum atomic E-state index is -0.733. The summed E-state index contributed by atoms with van der Waals surface area (Å²) in [7, 11) is 0. The van der Waals surface area contributed by atoms with Gasteiger partial charge in [0.05, 0.1) is 24.7 Å². The van der Waals surface area contributed by atoms with Crippen LogP contribution in [0.25, 0.3) is 0 Å². The highest BCUT2D eigenvalue weighted by atomic mass is 16.6. The van der Waals surface area contributed by atoms with Gasteiger partial charge < -0.3 is 19.9 Å². The van der Waals surface area contributed by atoms with Crippen LogP contribution in [0.1, 0.15) is 42.5 Å². The van der Waals surface area contributed by atoms with Gasteiger partial charge in [0.25, 0.3) is 0 Å². The van der Waals surface area contributed by atoms with E-state index >= 15 is 0 Å². The molecule has 0 unspecified atom stereocenters. The van der Waals surface area contributed by atoms with E-state index in [1.165, 1.54) is 0 Å². The lowest BCUT2D eigenvalue weighted by Crippen LogP contribution is -2.33. The van der Waals surface area contributed by atoms with E-state index in [1.54, 1.807) is 24.3 Å². The van der Waals surface area contributed by atoms with Crippen LogP contribution in [0, 0.1) is 11.8 Å². The maximum absolute atomic E-state index is 11.7. The SMILES string of the molecule is O=C(NCC1CCC(C(=O)O)CC1)OCCCOC(=O)c1ccccc1. The van der Waals surface area contributed by atoms with Crippen LogP contribution in [0.4, 0.5) is 4.79 Å². The first-order valence-corrected chi connectivity index (χ1v) is 8.92. The number of hydrogen-bond acceptors (Lipinski definition) is 5. The number of carbonyl (C=O) groups is 3. The first-order chi connectivity index (χ1) is 12.6. The smallest absolute Gasteiger partial charge is 0.407 e. The lowest BCUT2D eigenvalue weighted by molar-refractivity contribution is -0.143. The Labute approximate surface area is 152 Å². The van der Waals surface area contributed by atoms with Crippen LogP contribution in [0.2, 0.25) is 0 Å². The first-order valence-electron chi connectivity index (χ1n) is 8.92. The Kier molecular flexibility index (Phi) is 7.92. The van der Waals surface area contributed by atoms with Crippen LogP contribution in [0.3, 0.4) is 0 Å². The van der Waals surface area contributed by atoms with Gasteiger partial charge in [-0.15, -0.1) is 0 Å². The van der Waals surface area contributed by atoms with Gasteiger partial charge in [0.1, 0.15) is 0 Å². The van der Waals surface area contributed by atoms with E-state index in [0.29, 0.717) is 37.3 Å². The largest absolute Gasteiger partial charge is 0.481 e. The fourth-order valence-electron chi connectivity index (χ4n) is 2.94. The molecule has 1 fully saturated rings. The number of carbonyl (C=O) groups excluding carboxylic acids is 2. The molecule has 1 amide bonds. The lowest BCUT2D eigenvalue weighted by Gasteiger charge is -2.25. The Hall–Kier alpha value is -2.57. The second-order valence-corrected chi connectivity index (χ2v) is 6.43. The molecule has 0 aromatic heterocycles. The predicted molar refractivity (Wildman–Crippen MR) is 93.8 cm³/mol. The average molecular weight is 363 g/mol. The zero-order chi connectivity index (χ0) is 18.8. The molecule has 7 nitrogen and oxygen atoms in total. The molecule has 0 atom stereocenters. The van der Waals surface area contributed by atoms with Crippen molar-refractivity contribution in [3.63, 3.8) is 0 Å². The molecule has 7 heteroatoms. The summed E-state index contributed by atoms with van der Waals surface area (Å²) in [5.41, 5.74) is 0.490. The van der Waals surface area contributed by atoms with E-state index in [4.69, 9.17) is 14.6 Å². The highest BCUT2D eigenvalue weighted by Crippen LogP contribution is 2.28. The Bertz CT molecular complexity index is 595. The van der Waals surface area contributed by atoms with Crippen molar-refractivity contribution in [2.75, 3.05) is 19.8 Å². The van der Waals surface area contributed by atoms with Crippen molar-refractivity contribution in [1.29, 1.82) is 0 Å². The van der Waals surface area contributed by atoms with Crippen LogP contribution >= 0.6 is 0 Å². The maximum atomic E-state index is 11.7. The monoisotopic (exact) mass is 363 g/mol. The summed E-state index contributed by atoms with van der Waals surface area (Å²) in [5, 5.41) is 11.7. The number of nitrogens with one attached hydrogen (secondary N) is 1. The van der Waals surface area contributed by atoms with E-state index in [-0.39, 0.29) is 19.1 Å². The van der Waals surface area contributed by atoms with Crippen molar-refractivity contribution in [2.45, 2.75) is 32.1 Å². The molecule has 142 valence electrons. The van der Waals surface area contributed by atoms with Crippen molar-refractivity contribution in [1.82, 2.24) is 5.32 Å². The van der Waals surface area contributed by atoms with Gasteiger partial charge in [0, 0.05) is 13.0 Å². The molecule has 0 saturated heterocycles. The molecule has 2 N–H and O–H groups in total. The summed E-state index contributed by atoms with van der Waals surface area (Å²) >= 11 is 0. The van der Waals surface area contributed by atoms with Gasteiger partial charge in [0.2, 0.25) is 0 Å². The highest BCUT2D eigenvalue weighted by molar-refractivity contribution is 5.89. The summed E-state index contributed by atoms with van der Waals surface area (Å²) in [6.07, 6.45) is 2.84. The zero-order valence-corrected chi connectivity index (χ0v) is 14.7. The Morgan fingerprint density at radius 2 is 1.65 bits per heavy atom. The highest BCUT2D eigenvalue weighted by Gasteiger charge is 2.26. The van der Waals surface area contributed by atoms with Gasteiger partial charge in [0.15, 0.2) is 0 Å². The Balaban J connectivity index is 1.50. The fraction of sp³-hybridized carbons (Fsp3) is 0.526. The molecular weight excluding hydrogens is 338 g/mol. The number of amides is 1. The molecule has 1 aromatic rings. The van der Waals surface area contributed by atoms with Gasteiger partial charge in [-0.25, -0.2) is 9.59 Å². The molecular formula is C19H25NO6. The molecule has 0 heterocycles. The normalized spacial score (nSPS) is 19.4. The van der Waals surface area contributed by atoms with Gasteiger partial charge in [-0.3, -0.25) is 4.79 Å². The number of hydrogen-bond donors (Lipinski definition) is 2. The number of esters is 1. The number of carboxylic acids is 1. The lowest BCUT2D eigenvalue weighted by atomic mass is 9.82. The molecule has 26 heavy (non-hydrogen) atoms. The van der Waals surface area contributed by atoms with Crippen LogP contribution < -0.4 is 5.32 Å². The molecule has 1 aliphatic rings. The summed E-state index contributed by atoms with van der Waals surface area (Å²) in [6.45, 7) is 0.841. The van der Waals surface area contributed by atoms with Gasteiger partial charge in [-0.05, 0) is 43.7 Å². The molecule has 0 spiro atoms. The number of rotatable bonds is 8. The first kappa shape index (κ1) is 19.8. The quantitative estimate of drug-likeness (QED) is 0.544. The second-order valence-electron chi connectivity index (χ2n) is 6.43. The van der Waals surface area contributed by atoms with Crippen LogP contribution in [0.15, 0.2) is 30.3 Å². The number of aliphatic carboxylic acids is 1. The molecule has 1 saturated carbocycles. The number of alkyl carbamates (subject to hydrolysis) is 1. The molecule has 0 bridgehead atoms. The topological polar surface area (TPSA) is 102 Å². The molecule has 0 radical (unpaired) electrons. The van der Waals surface area contributed by atoms with Gasteiger partial charge >= 0.3 is 18.0 Å². The second kappa shape index (κ2) is 10.4. The van der Waals surface area contributed by atoms with Crippen molar-refractivity contribution >= 4 is 18.0 Å². The average Bonchev–Trinajstić information content (AvgIpc) is 2.67. The van der Waals surface area contributed by atoms with E-state index < -0.39 is 18.0 Å². The minimum absolute atomic E-state index is 0.166. The van der Waals surface area contributed by atoms with E-state index in [2.05, 4.69) is 5.32 Å². The van der Waals surface area contributed by atoms with Gasteiger partial charge in [-0.2, -0.15) is 0 Å². The number of carboxylic acid groups (broad SMARTS) is 1. The molecule has 1 aliphatic carbocycles. The van der Waals surface area contributed by atoms with E-state index in [0.717, 1.165) is 12.8 Å². The summed E-state index contributed by atoms with van der Waals surface area (Å²) < 4.78 is 10.1. The summed E-state index contributed by atoms with van der Waals surface area (Å²) in [6, 6.07) is 8.70. The fourth-order valence-corrected chi connectivity index (χ4v) is 2.94. The van der Waals surface area contributed by atoms with Crippen molar-refractivity contribution in [3.8, 4) is 0 Å². The van der Waals surface area contributed by atoms with Crippen LogP contribution in [-0.4, -0.2) is 42.9 Å². The third kappa shape index (κ3) is 6.74. The summed E-state index contributed by atoms with van der Waals surface area (Å²) in [5.74, 6) is -1.09. The van der Waals surface area contributed by atoms with Gasteiger partial charge in [-0.1, -0.05) is 18.2 Å². The molecule has 1 aromatic carbocycles.